The summed E-state index contributed by atoms with van der Waals surface area (Å²) in [7, 11) is 0. The Bertz CT molecular complexity index is 800. The Balaban J connectivity index is 0.00000156. The van der Waals surface area contributed by atoms with Crippen LogP contribution in [0, 0.1) is 5.82 Å². The molecule has 0 unspecified atom stereocenters. The van der Waals surface area contributed by atoms with Crippen molar-refractivity contribution < 1.29 is 4.39 Å². The molecule has 0 atom stereocenters. The summed E-state index contributed by atoms with van der Waals surface area (Å²) >= 11 is 1.58. The van der Waals surface area contributed by atoms with Crippen LogP contribution in [-0.2, 0) is 0 Å². The first-order valence-electron chi connectivity index (χ1n) is 6.84. The van der Waals surface area contributed by atoms with E-state index in [0.717, 1.165) is 27.7 Å². The maximum absolute atomic E-state index is 13.1. The summed E-state index contributed by atoms with van der Waals surface area (Å²) in [5.41, 5.74) is 6.99. The van der Waals surface area contributed by atoms with Gasteiger partial charge in [0.05, 0.1) is 11.4 Å². The van der Waals surface area contributed by atoms with Gasteiger partial charge in [0.1, 0.15) is 5.82 Å². The molecule has 23 heavy (non-hydrogen) atoms. The van der Waals surface area contributed by atoms with Crippen molar-refractivity contribution in [3.63, 3.8) is 0 Å². The second-order valence-corrected chi connectivity index (χ2v) is 5.75. The number of hydrazone groups is 1. The van der Waals surface area contributed by atoms with Gasteiger partial charge in [0, 0.05) is 17.2 Å². The fourth-order valence-electron chi connectivity index (χ4n) is 2.38. The number of fused-ring (bicyclic) bond motifs is 1. The normalized spacial score (nSPS) is 15.7. The third-order valence-electron chi connectivity index (χ3n) is 3.50. The van der Waals surface area contributed by atoms with Crippen LogP contribution in [0.5, 0.6) is 0 Å². The van der Waals surface area contributed by atoms with Gasteiger partial charge in [0.2, 0.25) is 0 Å². The van der Waals surface area contributed by atoms with Gasteiger partial charge in [-0.1, -0.05) is 42.1 Å². The van der Waals surface area contributed by atoms with Gasteiger partial charge in [-0.3, -0.25) is 10.3 Å². The molecule has 0 bridgehead atoms. The molecule has 2 heterocycles. The summed E-state index contributed by atoms with van der Waals surface area (Å²) in [6.45, 7) is 0. The van der Waals surface area contributed by atoms with Crippen LogP contribution in [0.25, 0.3) is 11.4 Å². The lowest BCUT2D eigenvalue weighted by molar-refractivity contribution is 0.627. The minimum Gasteiger partial charge on any atom is -0.291 e. The van der Waals surface area contributed by atoms with Crippen molar-refractivity contribution in [2.24, 2.45) is 5.10 Å². The zero-order valence-corrected chi connectivity index (χ0v) is 14.5. The highest BCUT2D eigenvalue weighted by atomic mass is 79.9. The third kappa shape index (κ3) is 3.04. The highest BCUT2D eigenvalue weighted by Crippen LogP contribution is 2.36. The second kappa shape index (κ2) is 6.60. The van der Waals surface area contributed by atoms with Crippen molar-refractivity contribution >= 4 is 45.3 Å². The molecule has 3 nitrogen and oxygen atoms in total. The van der Waals surface area contributed by atoms with E-state index < -0.39 is 0 Å². The molecule has 0 amide bonds. The number of hydrogen-bond acceptors (Lipinski definition) is 4. The first-order chi connectivity index (χ1) is 10.8. The van der Waals surface area contributed by atoms with E-state index in [4.69, 9.17) is 0 Å². The summed E-state index contributed by atoms with van der Waals surface area (Å²) < 4.78 is 13.1. The van der Waals surface area contributed by atoms with Gasteiger partial charge in [0.15, 0.2) is 5.17 Å². The molecular formula is C17H13BrFN3S. The van der Waals surface area contributed by atoms with Crippen molar-refractivity contribution in [3.8, 4) is 0 Å². The number of nitrogens with one attached hydrogen (secondary N) is 1. The fourth-order valence-corrected chi connectivity index (χ4v) is 3.21. The highest BCUT2D eigenvalue weighted by molar-refractivity contribution is 8.93. The Morgan fingerprint density at radius 3 is 2.43 bits per heavy atom. The standard InChI is InChI=1S/C17H12FN3S.BrH/c18-14-8-6-12(7-9-14)15-10-21-16(11-22-17(21)20-19-15)13-4-2-1-3-5-13;/h1-11,19H;1H. The van der Waals surface area contributed by atoms with Crippen molar-refractivity contribution in [1.82, 2.24) is 10.3 Å². The first kappa shape index (κ1) is 15.8. The summed E-state index contributed by atoms with van der Waals surface area (Å²) in [6.07, 6.45) is 1.99. The molecule has 0 fully saturated rings. The van der Waals surface area contributed by atoms with E-state index in [9.17, 15) is 4.39 Å². The van der Waals surface area contributed by atoms with Crippen LogP contribution in [0.15, 0.2) is 71.3 Å². The number of nitrogens with zero attached hydrogens (tertiary/aromatic N) is 2. The summed E-state index contributed by atoms with van der Waals surface area (Å²) in [4.78, 5) is 2.05. The van der Waals surface area contributed by atoms with E-state index in [-0.39, 0.29) is 22.8 Å². The molecular weight excluding hydrogens is 377 g/mol. The van der Waals surface area contributed by atoms with Gasteiger partial charge in [0.25, 0.3) is 0 Å². The SMILES string of the molecule is Br.Fc1ccc(C2=CN3C(c4ccccc4)=CSC3=NN2)cc1. The lowest BCUT2D eigenvalue weighted by Gasteiger charge is -2.24. The maximum Gasteiger partial charge on any atom is 0.196 e. The maximum atomic E-state index is 13.1. The van der Waals surface area contributed by atoms with Crippen molar-refractivity contribution in [3.05, 3.63) is 83.1 Å². The van der Waals surface area contributed by atoms with E-state index in [2.05, 4.69) is 33.0 Å². The molecule has 4 rings (SSSR count). The van der Waals surface area contributed by atoms with E-state index in [0.29, 0.717) is 0 Å². The fraction of sp³-hybridized carbons (Fsp3) is 0. The Kier molecular flexibility index (Phi) is 4.54. The molecule has 0 saturated carbocycles. The number of amidine groups is 1. The van der Waals surface area contributed by atoms with E-state index in [1.807, 2.05) is 24.4 Å². The molecule has 116 valence electrons. The third-order valence-corrected chi connectivity index (χ3v) is 4.34. The molecule has 0 aromatic heterocycles. The zero-order valence-electron chi connectivity index (χ0n) is 11.9. The van der Waals surface area contributed by atoms with E-state index >= 15 is 0 Å². The molecule has 2 aromatic rings. The number of thioether (sulfide) groups is 1. The number of hydrogen-bond donors (Lipinski definition) is 1. The molecule has 0 radical (unpaired) electrons. The molecule has 0 saturated heterocycles. The lowest BCUT2D eigenvalue weighted by Crippen LogP contribution is -2.26. The first-order valence-corrected chi connectivity index (χ1v) is 7.72. The number of benzene rings is 2. The predicted molar refractivity (Wildman–Crippen MR) is 99.1 cm³/mol. The summed E-state index contributed by atoms with van der Waals surface area (Å²) in [6, 6.07) is 16.6. The Morgan fingerprint density at radius 2 is 1.70 bits per heavy atom. The minimum atomic E-state index is -0.244. The molecule has 2 aromatic carbocycles. The van der Waals surface area contributed by atoms with Crippen molar-refractivity contribution in [2.45, 2.75) is 0 Å². The summed E-state index contributed by atoms with van der Waals surface area (Å²) in [5.74, 6) is -0.244. The minimum absolute atomic E-state index is 0. The molecule has 0 aliphatic carbocycles. The Hall–Kier alpha value is -2.05. The molecule has 0 spiro atoms. The van der Waals surface area contributed by atoms with Crippen LogP contribution in [0.3, 0.4) is 0 Å². The van der Waals surface area contributed by atoms with Gasteiger partial charge < -0.3 is 0 Å². The van der Waals surface area contributed by atoms with Crippen LogP contribution in [0.4, 0.5) is 4.39 Å². The van der Waals surface area contributed by atoms with Crippen LogP contribution < -0.4 is 5.43 Å². The van der Waals surface area contributed by atoms with Gasteiger partial charge in [-0.05, 0) is 29.8 Å². The number of rotatable bonds is 2. The van der Waals surface area contributed by atoms with Gasteiger partial charge in [-0.25, -0.2) is 4.39 Å². The molecule has 2 aliphatic rings. The summed E-state index contributed by atoms with van der Waals surface area (Å²) in [5, 5.41) is 7.35. The average Bonchev–Trinajstić information content (AvgIpc) is 2.99. The lowest BCUT2D eigenvalue weighted by atomic mass is 10.1. The van der Waals surface area contributed by atoms with Gasteiger partial charge >= 0.3 is 0 Å². The number of halogens is 2. The Morgan fingerprint density at radius 1 is 0.957 bits per heavy atom. The topological polar surface area (TPSA) is 27.6 Å². The van der Waals surface area contributed by atoms with Crippen LogP contribution in [0.2, 0.25) is 0 Å². The van der Waals surface area contributed by atoms with E-state index in [1.54, 1.807) is 23.9 Å². The Labute approximate surface area is 148 Å². The van der Waals surface area contributed by atoms with E-state index in [1.165, 1.54) is 12.1 Å². The van der Waals surface area contributed by atoms with Gasteiger partial charge in [-0.15, -0.1) is 22.1 Å². The van der Waals surface area contributed by atoms with Crippen molar-refractivity contribution in [1.29, 1.82) is 0 Å². The van der Waals surface area contributed by atoms with Crippen LogP contribution in [0.1, 0.15) is 11.1 Å². The van der Waals surface area contributed by atoms with Crippen molar-refractivity contribution in [2.75, 3.05) is 0 Å². The quantitative estimate of drug-likeness (QED) is 0.811. The average molecular weight is 390 g/mol. The largest absolute Gasteiger partial charge is 0.291 e. The van der Waals surface area contributed by atoms with Crippen LogP contribution in [-0.4, -0.2) is 10.1 Å². The zero-order chi connectivity index (χ0) is 14.9. The van der Waals surface area contributed by atoms with Gasteiger partial charge in [-0.2, -0.15) is 0 Å². The molecule has 6 heteroatoms. The predicted octanol–water partition coefficient (Wildman–Crippen LogP) is 4.62. The smallest absolute Gasteiger partial charge is 0.196 e. The highest BCUT2D eigenvalue weighted by Gasteiger charge is 2.26. The van der Waals surface area contributed by atoms with Crippen LogP contribution >= 0.6 is 28.7 Å². The second-order valence-electron chi connectivity index (χ2n) is 4.91. The monoisotopic (exact) mass is 389 g/mol. The molecule has 2 aliphatic heterocycles. The molecule has 1 N–H and O–H groups in total.